The van der Waals surface area contributed by atoms with E-state index in [2.05, 4.69) is 36.7 Å². The molecule has 17 heavy (non-hydrogen) atoms. The van der Waals surface area contributed by atoms with Crippen molar-refractivity contribution < 1.29 is 4.79 Å². The van der Waals surface area contributed by atoms with Crippen LogP contribution < -0.4 is 16.0 Å². The highest BCUT2D eigenvalue weighted by molar-refractivity contribution is 5.74. The van der Waals surface area contributed by atoms with E-state index in [1.807, 2.05) is 6.92 Å². The standard InChI is InChI=1S/C13H27N3O/c1-9(2)11(4)16-13(17)15-6-5-12-8-14-7-10(12)3/h9-12,14H,5-8H2,1-4H3,(H2,15,16,17)/t10-,11?,12-/m1/s1. The van der Waals surface area contributed by atoms with E-state index < -0.39 is 0 Å². The Morgan fingerprint density at radius 2 is 2.06 bits per heavy atom. The van der Waals surface area contributed by atoms with Gasteiger partial charge in [0.1, 0.15) is 0 Å². The molecule has 0 bridgehead atoms. The molecule has 0 aliphatic carbocycles. The summed E-state index contributed by atoms with van der Waals surface area (Å²) in [6.07, 6.45) is 1.07. The van der Waals surface area contributed by atoms with Gasteiger partial charge >= 0.3 is 6.03 Å². The number of carbonyl (C=O) groups is 1. The smallest absolute Gasteiger partial charge is 0.315 e. The Hall–Kier alpha value is -0.770. The van der Waals surface area contributed by atoms with E-state index in [9.17, 15) is 4.79 Å². The molecule has 0 saturated carbocycles. The Kier molecular flexibility index (Phi) is 5.75. The number of rotatable bonds is 5. The summed E-state index contributed by atoms with van der Waals surface area (Å²) in [5.41, 5.74) is 0. The minimum absolute atomic E-state index is 0.0372. The topological polar surface area (TPSA) is 53.2 Å². The molecule has 2 amide bonds. The van der Waals surface area contributed by atoms with Gasteiger partial charge in [0.2, 0.25) is 0 Å². The monoisotopic (exact) mass is 241 g/mol. The lowest BCUT2D eigenvalue weighted by molar-refractivity contribution is 0.233. The molecule has 0 radical (unpaired) electrons. The van der Waals surface area contributed by atoms with Gasteiger partial charge in [-0.1, -0.05) is 20.8 Å². The summed E-state index contributed by atoms with van der Waals surface area (Å²) < 4.78 is 0. The van der Waals surface area contributed by atoms with Crippen molar-refractivity contribution >= 4 is 6.03 Å². The van der Waals surface area contributed by atoms with Gasteiger partial charge in [-0.15, -0.1) is 0 Å². The average molecular weight is 241 g/mol. The van der Waals surface area contributed by atoms with Crippen LogP contribution in [0.25, 0.3) is 0 Å². The fraction of sp³-hybridized carbons (Fsp3) is 0.923. The summed E-state index contributed by atoms with van der Waals surface area (Å²) in [7, 11) is 0. The van der Waals surface area contributed by atoms with Gasteiger partial charge in [-0.3, -0.25) is 0 Å². The van der Waals surface area contributed by atoms with Crippen molar-refractivity contribution in [1.82, 2.24) is 16.0 Å². The van der Waals surface area contributed by atoms with Crippen LogP contribution in [0.15, 0.2) is 0 Å². The zero-order chi connectivity index (χ0) is 12.8. The van der Waals surface area contributed by atoms with Gasteiger partial charge in [-0.05, 0) is 44.2 Å². The molecule has 0 aromatic heterocycles. The van der Waals surface area contributed by atoms with Crippen LogP contribution >= 0.6 is 0 Å². The maximum atomic E-state index is 11.6. The van der Waals surface area contributed by atoms with Crippen molar-refractivity contribution in [3.8, 4) is 0 Å². The van der Waals surface area contributed by atoms with Crippen molar-refractivity contribution in [3.05, 3.63) is 0 Å². The zero-order valence-corrected chi connectivity index (χ0v) is 11.5. The summed E-state index contributed by atoms with van der Waals surface area (Å²) in [4.78, 5) is 11.6. The maximum absolute atomic E-state index is 11.6. The van der Waals surface area contributed by atoms with Crippen molar-refractivity contribution in [2.75, 3.05) is 19.6 Å². The van der Waals surface area contributed by atoms with E-state index in [1.54, 1.807) is 0 Å². The number of nitrogens with one attached hydrogen (secondary N) is 3. The van der Waals surface area contributed by atoms with Crippen LogP contribution in [0.3, 0.4) is 0 Å². The SMILES string of the molecule is CC(C)C(C)NC(=O)NCC[C@@H]1CNC[C@H]1C. The van der Waals surface area contributed by atoms with E-state index in [0.717, 1.165) is 32.0 Å². The Morgan fingerprint density at radius 1 is 1.35 bits per heavy atom. The molecule has 0 spiro atoms. The number of hydrogen-bond donors (Lipinski definition) is 3. The molecule has 100 valence electrons. The molecule has 1 fully saturated rings. The Morgan fingerprint density at radius 3 is 2.59 bits per heavy atom. The lowest BCUT2D eigenvalue weighted by Gasteiger charge is -2.19. The molecule has 1 unspecified atom stereocenters. The molecule has 3 atom stereocenters. The van der Waals surface area contributed by atoms with Crippen LogP contribution in [0.2, 0.25) is 0 Å². The molecule has 0 aromatic rings. The second-order valence-electron chi connectivity index (χ2n) is 5.62. The summed E-state index contributed by atoms with van der Waals surface area (Å²) >= 11 is 0. The van der Waals surface area contributed by atoms with Crippen LogP contribution in [0, 0.1) is 17.8 Å². The van der Waals surface area contributed by atoms with E-state index in [1.165, 1.54) is 0 Å². The fourth-order valence-corrected chi connectivity index (χ4v) is 2.05. The molecular weight excluding hydrogens is 214 g/mol. The van der Waals surface area contributed by atoms with Crippen molar-refractivity contribution in [2.45, 2.75) is 40.2 Å². The Balaban J connectivity index is 2.11. The van der Waals surface area contributed by atoms with Gasteiger partial charge in [0.05, 0.1) is 0 Å². The third-order valence-corrected chi connectivity index (χ3v) is 3.84. The molecule has 1 saturated heterocycles. The van der Waals surface area contributed by atoms with Gasteiger partial charge in [0, 0.05) is 12.6 Å². The first kappa shape index (κ1) is 14.3. The summed E-state index contributed by atoms with van der Waals surface area (Å²) in [6, 6.07) is 0.187. The molecule has 1 aliphatic heterocycles. The van der Waals surface area contributed by atoms with E-state index in [4.69, 9.17) is 0 Å². The largest absolute Gasteiger partial charge is 0.338 e. The molecule has 1 heterocycles. The van der Waals surface area contributed by atoms with Gasteiger partial charge in [-0.2, -0.15) is 0 Å². The van der Waals surface area contributed by atoms with Gasteiger partial charge in [0.25, 0.3) is 0 Å². The molecule has 0 aromatic carbocycles. The molecule has 3 N–H and O–H groups in total. The predicted molar refractivity (Wildman–Crippen MR) is 71.0 cm³/mol. The molecular formula is C13H27N3O. The third kappa shape index (κ3) is 4.94. The van der Waals surface area contributed by atoms with E-state index in [0.29, 0.717) is 11.8 Å². The normalized spacial score (nSPS) is 25.9. The highest BCUT2D eigenvalue weighted by atomic mass is 16.2. The first-order chi connectivity index (χ1) is 8.00. The first-order valence-corrected chi connectivity index (χ1v) is 6.75. The van der Waals surface area contributed by atoms with Crippen LogP contribution in [-0.2, 0) is 0 Å². The van der Waals surface area contributed by atoms with Crippen molar-refractivity contribution in [3.63, 3.8) is 0 Å². The minimum atomic E-state index is -0.0372. The minimum Gasteiger partial charge on any atom is -0.338 e. The number of urea groups is 1. The van der Waals surface area contributed by atoms with E-state index in [-0.39, 0.29) is 12.1 Å². The van der Waals surface area contributed by atoms with Gasteiger partial charge in [0.15, 0.2) is 0 Å². The molecule has 4 nitrogen and oxygen atoms in total. The second-order valence-corrected chi connectivity index (χ2v) is 5.62. The van der Waals surface area contributed by atoms with Crippen LogP contribution in [0.1, 0.15) is 34.1 Å². The maximum Gasteiger partial charge on any atom is 0.315 e. The molecule has 1 rings (SSSR count). The third-order valence-electron chi connectivity index (χ3n) is 3.84. The Labute approximate surface area is 105 Å². The summed E-state index contributed by atoms with van der Waals surface area (Å²) in [6.45, 7) is 11.5. The molecule has 4 heteroatoms. The zero-order valence-electron chi connectivity index (χ0n) is 11.5. The van der Waals surface area contributed by atoms with Crippen LogP contribution in [0.5, 0.6) is 0 Å². The lowest BCUT2D eigenvalue weighted by Crippen LogP contribution is -2.43. The van der Waals surface area contributed by atoms with Crippen molar-refractivity contribution in [1.29, 1.82) is 0 Å². The first-order valence-electron chi connectivity index (χ1n) is 6.75. The van der Waals surface area contributed by atoms with Gasteiger partial charge in [-0.25, -0.2) is 4.79 Å². The predicted octanol–water partition coefficient (Wildman–Crippen LogP) is 1.58. The van der Waals surface area contributed by atoms with Gasteiger partial charge < -0.3 is 16.0 Å². The lowest BCUT2D eigenvalue weighted by atomic mass is 9.95. The van der Waals surface area contributed by atoms with Crippen LogP contribution in [0.4, 0.5) is 4.79 Å². The number of amides is 2. The number of carbonyl (C=O) groups excluding carboxylic acids is 1. The van der Waals surface area contributed by atoms with Crippen molar-refractivity contribution in [2.24, 2.45) is 17.8 Å². The summed E-state index contributed by atoms with van der Waals surface area (Å²) in [5.74, 6) is 1.91. The quantitative estimate of drug-likeness (QED) is 0.684. The Bertz CT molecular complexity index is 243. The molecule has 1 aliphatic rings. The highest BCUT2D eigenvalue weighted by Crippen LogP contribution is 2.18. The number of hydrogen-bond acceptors (Lipinski definition) is 2. The second kappa shape index (κ2) is 6.84. The van der Waals surface area contributed by atoms with Crippen LogP contribution in [-0.4, -0.2) is 31.7 Å². The highest BCUT2D eigenvalue weighted by Gasteiger charge is 2.22. The van der Waals surface area contributed by atoms with E-state index >= 15 is 0 Å². The summed E-state index contributed by atoms with van der Waals surface area (Å²) in [5, 5.41) is 9.27. The fourth-order valence-electron chi connectivity index (χ4n) is 2.05. The average Bonchev–Trinajstić information content (AvgIpc) is 2.64.